The molecule has 2 aromatic rings. The molecule has 2 saturated heterocycles. The van der Waals surface area contributed by atoms with Crippen LogP contribution < -0.4 is 20.3 Å². The molecule has 0 unspecified atom stereocenters. The molecule has 0 spiro atoms. The summed E-state index contributed by atoms with van der Waals surface area (Å²) in [6, 6.07) is 2.94. The lowest BCUT2D eigenvalue weighted by molar-refractivity contribution is -0.139. The molecule has 2 fully saturated rings. The van der Waals surface area contributed by atoms with Crippen LogP contribution in [0.2, 0.25) is 0 Å². The number of nitrogens with one attached hydrogen (secondary N) is 2. The van der Waals surface area contributed by atoms with Gasteiger partial charge in [-0.05, 0) is 17.7 Å². The van der Waals surface area contributed by atoms with E-state index in [1.54, 1.807) is 6.07 Å². The quantitative estimate of drug-likeness (QED) is 0.793. The molecule has 154 valence electrons. The largest absolute Gasteiger partial charge is 0.486 e. The number of rotatable bonds is 2. The molecule has 0 bridgehead atoms. The van der Waals surface area contributed by atoms with Crippen LogP contribution in [0.25, 0.3) is 0 Å². The van der Waals surface area contributed by atoms with Gasteiger partial charge in [-0.1, -0.05) is 0 Å². The van der Waals surface area contributed by atoms with E-state index in [2.05, 4.69) is 20.6 Å². The van der Waals surface area contributed by atoms with Crippen molar-refractivity contribution in [2.24, 2.45) is 0 Å². The third-order valence-corrected chi connectivity index (χ3v) is 5.52. The molecular weight excluding hydrogens is 387 g/mol. The molecule has 3 aliphatic heterocycles. The van der Waals surface area contributed by atoms with Crippen molar-refractivity contribution in [3.8, 4) is 5.75 Å². The average Bonchev–Trinajstić information content (AvgIpc) is 2.85. The maximum Gasteiger partial charge on any atom is 0.420 e. The Kier molecular flexibility index (Phi) is 4.47. The molecule has 0 atom stereocenters. The average molecular weight is 407 g/mol. The van der Waals surface area contributed by atoms with Gasteiger partial charge in [-0.3, -0.25) is 0 Å². The molecule has 29 heavy (non-hydrogen) atoms. The van der Waals surface area contributed by atoms with Crippen molar-refractivity contribution < 1.29 is 22.6 Å². The van der Waals surface area contributed by atoms with Gasteiger partial charge in [0.15, 0.2) is 5.75 Å². The van der Waals surface area contributed by atoms with Gasteiger partial charge in [-0.25, -0.2) is 9.97 Å². The Hall–Kier alpha value is -2.59. The molecule has 1 aromatic heterocycles. The van der Waals surface area contributed by atoms with E-state index in [-0.39, 0.29) is 24.0 Å². The van der Waals surface area contributed by atoms with Crippen LogP contribution in [0, 0.1) is 0 Å². The minimum atomic E-state index is -4.52. The highest BCUT2D eigenvalue weighted by atomic mass is 19.4. The molecule has 0 saturated carbocycles. The first kappa shape index (κ1) is 18.4. The highest BCUT2D eigenvalue weighted by molar-refractivity contribution is 5.74. The second-order valence-electron chi connectivity index (χ2n) is 7.34. The zero-order chi connectivity index (χ0) is 20.0. The van der Waals surface area contributed by atoms with E-state index in [9.17, 15) is 13.2 Å². The predicted molar refractivity (Wildman–Crippen MR) is 99.7 cm³/mol. The van der Waals surface area contributed by atoms with E-state index in [1.165, 1.54) is 12.4 Å². The summed E-state index contributed by atoms with van der Waals surface area (Å²) in [5.74, 6) is 0.993. The first-order valence-corrected chi connectivity index (χ1v) is 9.53. The third kappa shape index (κ3) is 3.36. The lowest BCUT2D eigenvalue weighted by Gasteiger charge is -2.29. The van der Waals surface area contributed by atoms with Crippen molar-refractivity contribution in [2.45, 2.75) is 18.7 Å². The maximum atomic E-state index is 13.8. The van der Waals surface area contributed by atoms with Crippen LogP contribution in [0.5, 0.6) is 5.75 Å². The lowest BCUT2D eigenvalue weighted by Crippen LogP contribution is -2.40. The van der Waals surface area contributed by atoms with Crippen LogP contribution in [-0.4, -0.2) is 49.4 Å². The first-order valence-electron chi connectivity index (χ1n) is 9.53. The number of morpholine rings is 1. The topological polar surface area (TPSA) is 71.5 Å². The standard InChI is InChI=1S/C19H20F3N5O2/c20-19(21,22)14-5-11(12-7-23-8-12)6-15-16(14)29-9-13-17(26-15)24-10-25-18(13)27-1-3-28-4-2-27/h5-6,10,12,23H,1-4,7-9H2,(H,24,25,26). The first-order chi connectivity index (χ1) is 14.0. The smallest absolute Gasteiger partial charge is 0.420 e. The molecule has 0 amide bonds. The van der Waals surface area contributed by atoms with Gasteiger partial charge in [0.2, 0.25) is 0 Å². The minimum absolute atomic E-state index is 0.0454. The van der Waals surface area contributed by atoms with Crippen molar-refractivity contribution in [1.82, 2.24) is 15.3 Å². The highest BCUT2D eigenvalue weighted by Gasteiger charge is 2.38. The number of halogens is 3. The fraction of sp³-hybridized carbons (Fsp3) is 0.474. The number of nitrogens with zero attached hydrogens (tertiary/aromatic N) is 3. The van der Waals surface area contributed by atoms with E-state index >= 15 is 0 Å². The van der Waals surface area contributed by atoms with Crippen LogP contribution in [0.1, 0.15) is 22.6 Å². The van der Waals surface area contributed by atoms with Crippen molar-refractivity contribution in [3.05, 3.63) is 35.2 Å². The second kappa shape index (κ2) is 7.03. The number of hydrogen-bond donors (Lipinski definition) is 2. The van der Waals surface area contributed by atoms with Crippen molar-refractivity contribution in [3.63, 3.8) is 0 Å². The van der Waals surface area contributed by atoms with Gasteiger partial charge >= 0.3 is 6.18 Å². The van der Waals surface area contributed by atoms with Gasteiger partial charge in [0, 0.05) is 32.1 Å². The number of ether oxygens (including phenoxy) is 2. The van der Waals surface area contributed by atoms with Gasteiger partial charge in [-0.2, -0.15) is 13.2 Å². The van der Waals surface area contributed by atoms with Gasteiger partial charge in [0.05, 0.1) is 30.0 Å². The van der Waals surface area contributed by atoms with Gasteiger partial charge in [0.25, 0.3) is 0 Å². The molecular formula is C19H20F3N5O2. The number of benzene rings is 1. The van der Waals surface area contributed by atoms with Crippen LogP contribution in [0.15, 0.2) is 18.5 Å². The van der Waals surface area contributed by atoms with Gasteiger partial charge in [-0.15, -0.1) is 0 Å². The Labute approximate surface area is 165 Å². The van der Waals surface area contributed by atoms with Crippen LogP contribution in [0.4, 0.5) is 30.5 Å². The fourth-order valence-electron chi connectivity index (χ4n) is 3.83. The summed E-state index contributed by atoms with van der Waals surface area (Å²) in [7, 11) is 0. The summed E-state index contributed by atoms with van der Waals surface area (Å²) in [6.45, 7) is 3.74. The van der Waals surface area contributed by atoms with Crippen molar-refractivity contribution >= 4 is 17.3 Å². The summed E-state index contributed by atoms with van der Waals surface area (Å²) >= 11 is 0. The SMILES string of the molecule is FC(F)(F)c1cc(C2CNC2)cc2c1OCc1c(ncnc1N1CCOCC1)N2. The van der Waals surface area contributed by atoms with Crippen molar-refractivity contribution in [2.75, 3.05) is 49.6 Å². The molecule has 4 heterocycles. The molecule has 7 nitrogen and oxygen atoms in total. The Bertz CT molecular complexity index is 927. The molecule has 5 rings (SSSR count). The number of alkyl halides is 3. The van der Waals surface area contributed by atoms with Crippen LogP contribution >= 0.6 is 0 Å². The number of hydrogen-bond acceptors (Lipinski definition) is 7. The maximum absolute atomic E-state index is 13.8. The Balaban J connectivity index is 1.57. The van der Waals surface area contributed by atoms with E-state index in [0.29, 0.717) is 62.2 Å². The summed E-state index contributed by atoms with van der Waals surface area (Å²) < 4.78 is 52.5. The van der Waals surface area contributed by atoms with E-state index in [0.717, 1.165) is 0 Å². The molecule has 2 N–H and O–H groups in total. The van der Waals surface area contributed by atoms with Gasteiger partial charge < -0.3 is 25.0 Å². The zero-order valence-electron chi connectivity index (χ0n) is 15.6. The Morgan fingerprint density at radius 2 is 1.90 bits per heavy atom. The summed E-state index contributed by atoms with van der Waals surface area (Å²) in [4.78, 5) is 10.7. The molecule has 3 aliphatic rings. The number of fused-ring (bicyclic) bond motifs is 2. The van der Waals surface area contributed by atoms with Crippen LogP contribution in [-0.2, 0) is 17.5 Å². The monoisotopic (exact) mass is 407 g/mol. The highest BCUT2D eigenvalue weighted by Crippen LogP contribution is 2.46. The second-order valence-corrected chi connectivity index (χ2v) is 7.34. The van der Waals surface area contributed by atoms with E-state index in [4.69, 9.17) is 9.47 Å². The normalized spacial score (nSPS) is 19.3. The Morgan fingerprint density at radius 3 is 2.59 bits per heavy atom. The number of anilines is 3. The molecule has 0 radical (unpaired) electrons. The van der Waals surface area contributed by atoms with E-state index < -0.39 is 11.7 Å². The third-order valence-electron chi connectivity index (χ3n) is 5.52. The van der Waals surface area contributed by atoms with E-state index in [1.807, 2.05) is 4.90 Å². The summed E-state index contributed by atoms with van der Waals surface area (Å²) in [5.41, 5.74) is 0.799. The molecule has 0 aliphatic carbocycles. The minimum Gasteiger partial charge on any atom is -0.486 e. The molecule has 10 heteroatoms. The van der Waals surface area contributed by atoms with Crippen LogP contribution in [0.3, 0.4) is 0 Å². The lowest BCUT2D eigenvalue weighted by atomic mass is 9.91. The zero-order valence-corrected chi connectivity index (χ0v) is 15.6. The fourth-order valence-corrected chi connectivity index (χ4v) is 3.83. The summed E-state index contributed by atoms with van der Waals surface area (Å²) in [5, 5.41) is 6.18. The van der Waals surface area contributed by atoms with Crippen molar-refractivity contribution in [1.29, 1.82) is 0 Å². The van der Waals surface area contributed by atoms with Gasteiger partial charge in [0.1, 0.15) is 24.6 Å². The number of aromatic nitrogens is 2. The predicted octanol–water partition coefficient (Wildman–Crippen LogP) is 2.65. The summed E-state index contributed by atoms with van der Waals surface area (Å²) in [6.07, 6.45) is -3.10. The Morgan fingerprint density at radius 1 is 1.10 bits per heavy atom. The molecule has 1 aromatic carbocycles.